The highest BCUT2D eigenvalue weighted by molar-refractivity contribution is 6.01. The zero-order valence-corrected chi connectivity index (χ0v) is 18.2. The van der Waals surface area contributed by atoms with Gasteiger partial charge in [0.1, 0.15) is 0 Å². The molecule has 1 aliphatic carbocycles. The third-order valence-corrected chi connectivity index (χ3v) is 6.20. The van der Waals surface area contributed by atoms with Crippen molar-refractivity contribution in [2.45, 2.75) is 38.5 Å². The van der Waals surface area contributed by atoms with E-state index < -0.39 is 0 Å². The van der Waals surface area contributed by atoms with Crippen LogP contribution in [0.4, 0.5) is 0 Å². The number of rotatable bonds is 8. The van der Waals surface area contributed by atoms with Crippen molar-refractivity contribution in [1.82, 2.24) is 10.6 Å². The number of allylic oxidation sites excluding steroid dienone is 2. The maximum Gasteiger partial charge on any atom is 0.255 e. The van der Waals surface area contributed by atoms with Crippen LogP contribution in [0.5, 0.6) is 0 Å². The van der Waals surface area contributed by atoms with Crippen molar-refractivity contribution in [2.24, 2.45) is 5.92 Å². The number of benzene rings is 2. The number of aryl methyl sites for hydroxylation is 1. The monoisotopic (exact) mass is 427 g/mol. The minimum absolute atomic E-state index is 0.0262. The van der Waals surface area contributed by atoms with Crippen LogP contribution in [0.2, 0.25) is 0 Å². The molecule has 2 aliphatic rings. The molecular formula is C27H29N3O2. The number of amides is 2. The molecule has 1 unspecified atom stereocenters. The van der Waals surface area contributed by atoms with Crippen LogP contribution in [0.15, 0.2) is 65.9 Å². The molecule has 2 amide bonds. The topological polar surface area (TPSA) is 82.1 Å². The summed E-state index contributed by atoms with van der Waals surface area (Å²) >= 11 is 0. The third-order valence-electron chi connectivity index (χ3n) is 6.20. The van der Waals surface area contributed by atoms with Gasteiger partial charge in [-0.15, -0.1) is 0 Å². The fourth-order valence-electron chi connectivity index (χ4n) is 4.42. The Labute approximate surface area is 189 Å². The highest BCUT2D eigenvalue weighted by atomic mass is 16.2. The lowest BCUT2D eigenvalue weighted by atomic mass is 9.79. The second-order valence-corrected chi connectivity index (χ2v) is 8.45. The average molecular weight is 428 g/mol. The van der Waals surface area contributed by atoms with Crippen LogP contribution < -0.4 is 10.6 Å². The minimum Gasteiger partial charge on any atom is -0.352 e. The molecule has 0 aromatic heterocycles. The minimum atomic E-state index is -0.206. The Hall–Kier alpha value is -3.47. The number of hydrogen-bond acceptors (Lipinski definition) is 3. The molecular weight excluding hydrogens is 398 g/mol. The molecule has 3 N–H and O–H groups in total. The van der Waals surface area contributed by atoms with Gasteiger partial charge in [-0.1, -0.05) is 42.5 Å². The van der Waals surface area contributed by atoms with E-state index in [0.717, 1.165) is 55.2 Å². The summed E-state index contributed by atoms with van der Waals surface area (Å²) in [5.74, 6) is 0.0451. The van der Waals surface area contributed by atoms with E-state index in [1.807, 2.05) is 30.4 Å². The summed E-state index contributed by atoms with van der Waals surface area (Å²) in [6.07, 6.45) is 10.7. The number of fused-ring (bicyclic) bond motifs is 2. The molecule has 164 valence electrons. The SMILES string of the molecule is N=CC(=CCCCCc1ccccc1)NC(=O)c1ccc2c(c1)CC1CCNC(=O)C1=C2. The molecule has 5 heteroatoms. The standard InChI is InChI=1S/C27H29N3O2/c28-18-24(10-6-2-5-9-19-7-3-1-4-8-19)30-26(31)22-12-11-20-17-25-21(15-23(20)16-22)13-14-29-27(25)32/h1,3-4,7-8,10-12,16-18,21,28H,2,5-6,9,13-15H2,(H,29,32)(H,30,31). The van der Waals surface area contributed by atoms with Crippen molar-refractivity contribution in [3.05, 3.63) is 88.1 Å². The quantitative estimate of drug-likeness (QED) is 0.430. The van der Waals surface area contributed by atoms with Gasteiger partial charge in [0.2, 0.25) is 5.91 Å². The van der Waals surface area contributed by atoms with E-state index in [-0.39, 0.29) is 17.7 Å². The zero-order valence-electron chi connectivity index (χ0n) is 18.2. The molecule has 5 nitrogen and oxygen atoms in total. The summed E-state index contributed by atoms with van der Waals surface area (Å²) in [5, 5.41) is 13.4. The molecule has 1 fully saturated rings. The lowest BCUT2D eigenvalue weighted by molar-refractivity contribution is -0.118. The molecule has 0 spiro atoms. The van der Waals surface area contributed by atoms with Crippen molar-refractivity contribution in [3.63, 3.8) is 0 Å². The van der Waals surface area contributed by atoms with E-state index in [1.165, 1.54) is 11.8 Å². The Balaban J connectivity index is 1.34. The molecule has 0 saturated carbocycles. The van der Waals surface area contributed by atoms with Crippen molar-refractivity contribution in [1.29, 1.82) is 5.41 Å². The summed E-state index contributed by atoms with van der Waals surface area (Å²) in [6, 6.07) is 16.0. The van der Waals surface area contributed by atoms with Crippen LogP contribution >= 0.6 is 0 Å². The smallest absolute Gasteiger partial charge is 0.255 e. The van der Waals surface area contributed by atoms with Crippen molar-refractivity contribution in [3.8, 4) is 0 Å². The molecule has 4 rings (SSSR count). The van der Waals surface area contributed by atoms with Crippen LogP contribution in [0.25, 0.3) is 6.08 Å². The first-order chi connectivity index (χ1) is 15.6. The van der Waals surface area contributed by atoms with Gasteiger partial charge in [0.25, 0.3) is 5.91 Å². The summed E-state index contributed by atoms with van der Waals surface area (Å²) in [7, 11) is 0. The lowest BCUT2D eigenvalue weighted by Crippen LogP contribution is -2.38. The maximum absolute atomic E-state index is 12.8. The summed E-state index contributed by atoms with van der Waals surface area (Å²) in [5.41, 5.74) is 5.40. The Morgan fingerprint density at radius 3 is 2.81 bits per heavy atom. The van der Waals surface area contributed by atoms with Crippen molar-refractivity contribution >= 4 is 24.1 Å². The van der Waals surface area contributed by atoms with E-state index in [0.29, 0.717) is 17.8 Å². The van der Waals surface area contributed by atoms with Gasteiger partial charge in [-0.3, -0.25) is 9.59 Å². The number of piperidine rings is 1. The molecule has 2 aromatic rings. The average Bonchev–Trinajstić information content (AvgIpc) is 2.82. The largest absolute Gasteiger partial charge is 0.352 e. The Kier molecular flexibility index (Phi) is 6.95. The molecule has 1 heterocycles. The predicted molar refractivity (Wildman–Crippen MR) is 128 cm³/mol. The summed E-state index contributed by atoms with van der Waals surface area (Å²) in [4.78, 5) is 24.9. The molecule has 1 atom stereocenters. The molecule has 1 aliphatic heterocycles. The first kappa shape index (κ1) is 21.8. The molecule has 2 aromatic carbocycles. The fourth-order valence-corrected chi connectivity index (χ4v) is 4.42. The number of unbranched alkanes of at least 4 members (excludes halogenated alkanes) is 2. The zero-order chi connectivity index (χ0) is 22.3. The van der Waals surface area contributed by atoms with E-state index in [9.17, 15) is 9.59 Å². The number of nitrogens with one attached hydrogen (secondary N) is 3. The lowest BCUT2D eigenvalue weighted by Gasteiger charge is -2.29. The number of carbonyl (C=O) groups is 2. The van der Waals surface area contributed by atoms with Crippen molar-refractivity contribution < 1.29 is 9.59 Å². The van der Waals surface area contributed by atoms with Gasteiger partial charge in [-0.2, -0.15) is 0 Å². The van der Waals surface area contributed by atoms with Crippen LogP contribution in [-0.2, 0) is 17.6 Å². The van der Waals surface area contributed by atoms with E-state index in [2.05, 4.69) is 34.9 Å². The highest BCUT2D eigenvalue weighted by Crippen LogP contribution is 2.33. The Morgan fingerprint density at radius 2 is 2.00 bits per heavy atom. The maximum atomic E-state index is 12.8. The Morgan fingerprint density at radius 1 is 1.16 bits per heavy atom. The molecule has 1 saturated heterocycles. The second-order valence-electron chi connectivity index (χ2n) is 8.45. The van der Waals surface area contributed by atoms with Crippen LogP contribution in [-0.4, -0.2) is 24.6 Å². The second kappa shape index (κ2) is 10.2. The summed E-state index contributed by atoms with van der Waals surface area (Å²) in [6.45, 7) is 0.704. The highest BCUT2D eigenvalue weighted by Gasteiger charge is 2.29. The first-order valence-electron chi connectivity index (χ1n) is 11.3. The Bertz CT molecular complexity index is 1070. The van der Waals surface area contributed by atoms with Gasteiger partial charge in [0.15, 0.2) is 0 Å². The summed E-state index contributed by atoms with van der Waals surface area (Å²) < 4.78 is 0. The van der Waals surface area contributed by atoms with Gasteiger partial charge in [0.05, 0.1) is 5.70 Å². The fraction of sp³-hybridized carbons (Fsp3) is 0.296. The third kappa shape index (κ3) is 5.22. The van der Waals surface area contributed by atoms with Crippen molar-refractivity contribution in [2.75, 3.05) is 6.54 Å². The number of hydrogen-bond donors (Lipinski definition) is 3. The van der Waals surface area contributed by atoms with E-state index >= 15 is 0 Å². The van der Waals surface area contributed by atoms with Gasteiger partial charge >= 0.3 is 0 Å². The van der Waals surface area contributed by atoms with Crippen LogP contribution in [0.3, 0.4) is 0 Å². The van der Waals surface area contributed by atoms with E-state index in [1.54, 1.807) is 6.07 Å². The molecule has 32 heavy (non-hydrogen) atoms. The molecule has 0 radical (unpaired) electrons. The van der Waals surface area contributed by atoms with Crippen LogP contribution in [0.1, 0.15) is 52.7 Å². The first-order valence-corrected chi connectivity index (χ1v) is 11.3. The number of carbonyl (C=O) groups excluding carboxylic acids is 2. The molecule has 0 bridgehead atoms. The van der Waals surface area contributed by atoms with Gasteiger partial charge < -0.3 is 16.0 Å². The van der Waals surface area contributed by atoms with Crippen LogP contribution in [0, 0.1) is 11.3 Å². The van der Waals surface area contributed by atoms with Gasteiger partial charge in [-0.05, 0) is 79.3 Å². The van der Waals surface area contributed by atoms with Gasteiger partial charge in [-0.25, -0.2) is 0 Å². The normalized spacial score (nSPS) is 17.5. The van der Waals surface area contributed by atoms with Gasteiger partial charge in [0, 0.05) is 23.9 Å². The predicted octanol–water partition coefficient (Wildman–Crippen LogP) is 4.44. The van der Waals surface area contributed by atoms with E-state index in [4.69, 9.17) is 5.41 Å².